The number of carboxylic acids is 2. The number of aromatic nitrogens is 2. The molecule has 33 heavy (non-hydrogen) atoms. The summed E-state index contributed by atoms with van der Waals surface area (Å²) < 4.78 is 6.07. The quantitative estimate of drug-likeness (QED) is 0.118. The lowest BCUT2D eigenvalue weighted by atomic mass is 10.1. The number of aliphatic hydroxyl groups excluding tert-OH is 2. The van der Waals surface area contributed by atoms with Gasteiger partial charge in [-0.05, 0) is 6.42 Å². The van der Waals surface area contributed by atoms with Crippen LogP contribution in [0.15, 0.2) is 21.9 Å². The second kappa shape index (κ2) is 10.3. The van der Waals surface area contributed by atoms with E-state index >= 15 is 0 Å². The lowest BCUT2D eigenvalue weighted by molar-refractivity contribution is -0.153. The minimum Gasteiger partial charge on any atom is -0.481 e. The molecule has 182 valence electrons. The van der Waals surface area contributed by atoms with Crippen LogP contribution < -0.4 is 27.6 Å². The van der Waals surface area contributed by atoms with Gasteiger partial charge >= 0.3 is 17.6 Å². The number of carbonyl (C=O) groups excluding carboxylic acids is 2. The number of H-pyrrole nitrogens is 1. The largest absolute Gasteiger partial charge is 0.481 e. The van der Waals surface area contributed by atoms with Crippen molar-refractivity contribution >= 4 is 23.8 Å². The van der Waals surface area contributed by atoms with Crippen molar-refractivity contribution in [2.24, 2.45) is 5.73 Å². The standard InChI is InChI=1S/C17H23N5O11/c18-17(15(30)31,6-9(25)26)21-8(24)2-1-4-19-13(29)12-10(27)11(28)14(33-12)22-5-3-7(23)20-16(22)32/h3,5,10-12,14,27-28H,1-2,4,6,18H2,(H,19,29)(H,21,24)(H,25,26)(H,30,31)(H,20,23,32)/t10-,11+,12+,14-,17+/m1/s1. The van der Waals surface area contributed by atoms with Gasteiger partial charge < -0.3 is 35.8 Å². The van der Waals surface area contributed by atoms with Crippen molar-refractivity contribution in [3.63, 3.8) is 0 Å². The molecule has 16 heteroatoms. The molecule has 0 aromatic carbocycles. The Balaban J connectivity index is 1.87. The fraction of sp³-hybridized carbons (Fsp3) is 0.529. The van der Waals surface area contributed by atoms with E-state index in [0.717, 1.165) is 16.8 Å². The highest BCUT2D eigenvalue weighted by atomic mass is 16.6. The first-order chi connectivity index (χ1) is 15.4. The third kappa shape index (κ3) is 6.22. The number of amides is 2. The number of carbonyl (C=O) groups is 4. The highest BCUT2D eigenvalue weighted by Crippen LogP contribution is 2.28. The van der Waals surface area contributed by atoms with Gasteiger partial charge in [0.05, 0.1) is 6.42 Å². The molecular weight excluding hydrogens is 450 g/mol. The number of nitrogens with zero attached hydrogens (tertiary/aromatic N) is 1. The molecule has 1 aliphatic rings. The molecule has 1 aliphatic heterocycles. The second-order valence-corrected chi connectivity index (χ2v) is 7.24. The molecule has 0 radical (unpaired) electrons. The molecule has 0 aliphatic carbocycles. The van der Waals surface area contributed by atoms with E-state index in [1.165, 1.54) is 0 Å². The fourth-order valence-corrected chi connectivity index (χ4v) is 3.02. The number of aromatic amines is 1. The van der Waals surface area contributed by atoms with Crippen LogP contribution in [-0.4, -0.2) is 84.2 Å². The first-order valence-electron chi connectivity index (χ1n) is 9.51. The van der Waals surface area contributed by atoms with Crippen LogP contribution in [0.2, 0.25) is 0 Å². The Morgan fingerprint density at radius 2 is 1.85 bits per heavy atom. The first kappa shape index (κ1) is 25.7. The maximum absolute atomic E-state index is 12.3. The van der Waals surface area contributed by atoms with Crippen LogP contribution in [0, 0.1) is 0 Å². The van der Waals surface area contributed by atoms with Crippen LogP contribution in [0.25, 0.3) is 0 Å². The minimum atomic E-state index is -2.50. The number of aliphatic hydroxyl groups is 2. The maximum Gasteiger partial charge on any atom is 0.345 e. The van der Waals surface area contributed by atoms with Crippen molar-refractivity contribution in [1.29, 1.82) is 0 Å². The van der Waals surface area contributed by atoms with Crippen LogP contribution in [0.5, 0.6) is 0 Å². The number of nitrogens with two attached hydrogens (primary N) is 1. The summed E-state index contributed by atoms with van der Waals surface area (Å²) in [4.78, 5) is 71.0. The van der Waals surface area contributed by atoms with E-state index in [1.54, 1.807) is 0 Å². The highest BCUT2D eigenvalue weighted by molar-refractivity contribution is 5.90. The summed E-state index contributed by atoms with van der Waals surface area (Å²) in [6.07, 6.45) is -6.76. The number of hydrogen-bond acceptors (Lipinski definition) is 10. The molecule has 2 rings (SSSR count). The molecule has 1 aromatic rings. The Kier molecular flexibility index (Phi) is 8.04. The van der Waals surface area contributed by atoms with E-state index in [1.807, 2.05) is 10.3 Å². The summed E-state index contributed by atoms with van der Waals surface area (Å²) in [6, 6.07) is 0.985. The molecule has 1 fully saturated rings. The summed E-state index contributed by atoms with van der Waals surface area (Å²) in [5, 5.41) is 42.2. The third-order valence-corrected chi connectivity index (χ3v) is 4.68. The van der Waals surface area contributed by atoms with Crippen molar-refractivity contribution in [3.8, 4) is 0 Å². The van der Waals surface area contributed by atoms with E-state index in [2.05, 4.69) is 5.32 Å². The van der Waals surface area contributed by atoms with E-state index in [9.17, 15) is 39.0 Å². The number of ether oxygens (including phenoxy) is 1. The topological polar surface area (TPSA) is 263 Å². The molecule has 2 amide bonds. The molecule has 9 N–H and O–H groups in total. The number of rotatable bonds is 10. The van der Waals surface area contributed by atoms with Crippen molar-refractivity contribution in [2.75, 3.05) is 6.54 Å². The molecule has 0 saturated carbocycles. The van der Waals surface area contributed by atoms with Crippen LogP contribution in [0.3, 0.4) is 0 Å². The molecule has 1 aromatic heterocycles. The van der Waals surface area contributed by atoms with Gasteiger partial charge in [0.25, 0.3) is 11.5 Å². The van der Waals surface area contributed by atoms with E-state index in [4.69, 9.17) is 20.7 Å². The Bertz CT molecular complexity index is 1040. The Hall–Kier alpha value is -3.60. The number of nitrogens with one attached hydrogen (secondary N) is 3. The minimum absolute atomic E-state index is 0.0193. The molecule has 16 nitrogen and oxygen atoms in total. The molecule has 0 spiro atoms. The number of aliphatic carboxylic acids is 2. The maximum atomic E-state index is 12.3. The highest BCUT2D eigenvalue weighted by Gasteiger charge is 2.47. The van der Waals surface area contributed by atoms with Crippen LogP contribution in [0.1, 0.15) is 25.5 Å². The molecule has 2 heterocycles. The summed E-state index contributed by atoms with van der Waals surface area (Å²) >= 11 is 0. The van der Waals surface area contributed by atoms with Gasteiger partial charge in [-0.1, -0.05) is 0 Å². The lowest BCUT2D eigenvalue weighted by Gasteiger charge is -2.24. The Morgan fingerprint density at radius 1 is 1.18 bits per heavy atom. The van der Waals surface area contributed by atoms with Crippen LogP contribution in [0.4, 0.5) is 0 Å². The lowest BCUT2D eigenvalue weighted by Crippen LogP contribution is -2.62. The predicted octanol–water partition coefficient (Wildman–Crippen LogP) is -4.62. The van der Waals surface area contributed by atoms with Crippen LogP contribution >= 0.6 is 0 Å². The summed E-state index contributed by atoms with van der Waals surface area (Å²) in [5.41, 5.74) is 1.27. The van der Waals surface area contributed by atoms with Gasteiger partial charge in [-0.25, -0.2) is 9.59 Å². The van der Waals surface area contributed by atoms with Gasteiger partial charge in [-0.3, -0.25) is 34.5 Å². The van der Waals surface area contributed by atoms with Crippen molar-refractivity contribution < 1.29 is 44.3 Å². The average molecular weight is 473 g/mol. The van der Waals surface area contributed by atoms with Gasteiger partial charge in [-0.2, -0.15) is 0 Å². The Labute approximate surface area is 184 Å². The van der Waals surface area contributed by atoms with Gasteiger partial charge in [0.2, 0.25) is 5.91 Å². The third-order valence-electron chi connectivity index (χ3n) is 4.68. The van der Waals surface area contributed by atoms with E-state index in [-0.39, 0.29) is 19.4 Å². The van der Waals surface area contributed by atoms with E-state index in [0.29, 0.717) is 0 Å². The zero-order chi connectivity index (χ0) is 24.9. The number of carboxylic acid groups (broad SMARTS) is 2. The van der Waals surface area contributed by atoms with Gasteiger partial charge in [-0.15, -0.1) is 0 Å². The van der Waals surface area contributed by atoms with Gasteiger partial charge in [0.1, 0.15) is 12.2 Å². The Morgan fingerprint density at radius 3 is 2.42 bits per heavy atom. The van der Waals surface area contributed by atoms with Crippen molar-refractivity contribution in [2.45, 2.75) is 49.5 Å². The van der Waals surface area contributed by atoms with E-state index < -0.39 is 71.6 Å². The second-order valence-electron chi connectivity index (χ2n) is 7.24. The predicted molar refractivity (Wildman–Crippen MR) is 104 cm³/mol. The monoisotopic (exact) mass is 473 g/mol. The summed E-state index contributed by atoms with van der Waals surface area (Å²) in [6.45, 7) is -0.137. The molecular formula is C17H23N5O11. The van der Waals surface area contributed by atoms with Gasteiger partial charge in [0.15, 0.2) is 18.0 Å². The first-order valence-corrected chi connectivity index (χ1v) is 9.51. The van der Waals surface area contributed by atoms with Crippen molar-refractivity contribution in [1.82, 2.24) is 20.2 Å². The summed E-state index contributed by atoms with van der Waals surface area (Å²) in [5.74, 6) is -5.02. The summed E-state index contributed by atoms with van der Waals surface area (Å²) in [7, 11) is 0. The molecule has 0 bridgehead atoms. The molecule has 1 saturated heterocycles. The zero-order valence-corrected chi connectivity index (χ0v) is 17.0. The number of hydrogen-bond donors (Lipinski definition) is 8. The van der Waals surface area contributed by atoms with Gasteiger partial charge in [0, 0.05) is 25.2 Å². The van der Waals surface area contributed by atoms with Crippen LogP contribution in [-0.2, 0) is 23.9 Å². The molecule has 0 unspecified atom stereocenters. The zero-order valence-electron chi connectivity index (χ0n) is 17.0. The fourth-order valence-electron chi connectivity index (χ4n) is 3.02. The molecule has 5 atom stereocenters. The smallest absolute Gasteiger partial charge is 0.345 e. The average Bonchev–Trinajstić information content (AvgIpc) is 2.99. The van der Waals surface area contributed by atoms with Crippen molar-refractivity contribution in [3.05, 3.63) is 33.1 Å². The normalized spacial score (nSPS) is 24.0. The SMILES string of the molecule is N[C@@](CC(=O)O)(NC(=O)CCCNC(=O)[C@H]1O[C@@H](n2ccc(=O)[nH]c2=O)[C@@H](O)[C@H]1O)C(=O)O.